The van der Waals surface area contributed by atoms with Crippen molar-refractivity contribution in [2.75, 3.05) is 14.2 Å². The highest BCUT2D eigenvalue weighted by Crippen LogP contribution is 2.21. The third-order valence-electron chi connectivity index (χ3n) is 3.01. The molecule has 96 valence electrons. The van der Waals surface area contributed by atoms with Crippen molar-refractivity contribution in [2.24, 2.45) is 0 Å². The molecule has 0 spiro atoms. The van der Waals surface area contributed by atoms with E-state index in [1.165, 1.54) is 44.9 Å². The quantitative estimate of drug-likeness (QED) is 0.313. The molecule has 0 heterocycles. The van der Waals surface area contributed by atoms with Crippen LogP contribution in [0.25, 0.3) is 0 Å². The SMILES string of the molecule is C=CC(CCCCCCCC)[SiH](OC)OC. The van der Waals surface area contributed by atoms with Crippen LogP contribution < -0.4 is 0 Å². The van der Waals surface area contributed by atoms with Gasteiger partial charge in [-0.1, -0.05) is 51.5 Å². The lowest BCUT2D eigenvalue weighted by molar-refractivity contribution is 0.268. The van der Waals surface area contributed by atoms with Crippen LogP contribution in [0.15, 0.2) is 12.7 Å². The van der Waals surface area contributed by atoms with E-state index in [1.807, 2.05) is 6.08 Å². The molecule has 0 aliphatic carbocycles. The number of allylic oxidation sites excluding steroid dienone is 1. The van der Waals surface area contributed by atoms with E-state index in [0.717, 1.165) is 0 Å². The van der Waals surface area contributed by atoms with Crippen LogP contribution in [0.4, 0.5) is 0 Å². The van der Waals surface area contributed by atoms with Gasteiger partial charge in [0.1, 0.15) is 0 Å². The number of rotatable bonds is 11. The molecule has 1 unspecified atom stereocenters. The summed E-state index contributed by atoms with van der Waals surface area (Å²) in [5.74, 6) is 0. The summed E-state index contributed by atoms with van der Waals surface area (Å²) in [7, 11) is 2.01. The van der Waals surface area contributed by atoms with Crippen molar-refractivity contribution < 1.29 is 8.85 Å². The molecule has 0 N–H and O–H groups in total. The highest BCUT2D eigenvalue weighted by Gasteiger charge is 2.20. The standard InChI is InChI=1S/C13H28O2Si/c1-5-7-8-9-10-11-12-13(6-2)16(14-3)15-4/h6,13,16H,2,5,7-12H2,1,3-4H3. The summed E-state index contributed by atoms with van der Waals surface area (Å²) < 4.78 is 10.8. The van der Waals surface area contributed by atoms with Crippen molar-refractivity contribution in [3.63, 3.8) is 0 Å². The fourth-order valence-corrected chi connectivity index (χ4v) is 3.59. The van der Waals surface area contributed by atoms with Gasteiger partial charge in [-0.15, -0.1) is 6.58 Å². The monoisotopic (exact) mass is 244 g/mol. The van der Waals surface area contributed by atoms with Crippen molar-refractivity contribution >= 4 is 9.28 Å². The topological polar surface area (TPSA) is 18.5 Å². The lowest BCUT2D eigenvalue weighted by atomic mass is 10.1. The summed E-state index contributed by atoms with van der Waals surface area (Å²) in [6.07, 6.45) is 11.2. The fourth-order valence-electron chi connectivity index (χ4n) is 1.97. The molecule has 0 aromatic carbocycles. The molecule has 0 amide bonds. The molecule has 0 aromatic rings. The van der Waals surface area contributed by atoms with E-state index in [-0.39, 0.29) is 0 Å². The van der Waals surface area contributed by atoms with Crippen molar-refractivity contribution in [3.05, 3.63) is 12.7 Å². The highest BCUT2D eigenvalue weighted by molar-refractivity contribution is 6.47. The van der Waals surface area contributed by atoms with E-state index in [9.17, 15) is 0 Å². The lowest BCUT2D eigenvalue weighted by Gasteiger charge is -2.19. The Balaban J connectivity index is 3.58. The van der Waals surface area contributed by atoms with Gasteiger partial charge in [0.2, 0.25) is 0 Å². The van der Waals surface area contributed by atoms with Crippen molar-refractivity contribution in [2.45, 2.75) is 57.4 Å². The first-order valence-corrected chi connectivity index (χ1v) is 8.09. The van der Waals surface area contributed by atoms with E-state index in [1.54, 1.807) is 14.2 Å². The Morgan fingerprint density at radius 2 is 1.62 bits per heavy atom. The summed E-state index contributed by atoms with van der Waals surface area (Å²) >= 11 is 0. The Bertz CT molecular complexity index is 158. The van der Waals surface area contributed by atoms with Crippen LogP contribution in [0.5, 0.6) is 0 Å². The molecule has 0 rings (SSSR count). The van der Waals surface area contributed by atoms with E-state index in [4.69, 9.17) is 8.85 Å². The summed E-state index contributed by atoms with van der Waals surface area (Å²) in [4.78, 5) is 0. The summed E-state index contributed by atoms with van der Waals surface area (Å²) in [5, 5.41) is 0. The molecular weight excluding hydrogens is 216 g/mol. The molecule has 0 saturated carbocycles. The lowest BCUT2D eigenvalue weighted by Crippen LogP contribution is -2.25. The maximum Gasteiger partial charge on any atom is 0.327 e. The van der Waals surface area contributed by atoms with Gasteiger partial charge in [0.05, 0.1) is 0 Å². The largest absolute Gasteiger partial charge is 0.400 e. The smallest absolute Gasteiger partial charge is 0.327 e. The second-order valence-corrected chi connectivity index (χ2v) is 6.83. The van der Waals surface area contributed by atoms with E-state index < -0.39 is 9.28 Å². The van der Waals surface area contributed by atoms with Crippen molar-refractivity contribution in [1.82, 2.24) is 0 Å². The predicted molar refractivity (Wildman–Crippen MR) is 73.1 cm³/mol. The molecule has 1 atom stereocenters. The van der Waals surface area contributed by atoms with E-state index >= 15 is 0 Å². The number of hydrogen-bond donors (Lipinski definition) is 0. The summed E-state index contributed by atoms with van der Waals surface area (Å²) in [6, 6.07) is 0. The maximum absolute atomic E-state index is 5.39. The van der Waals surface area contributed by atoms with Gasteiger partial charge in [-0.25, -0.2) is 0 Å². The van der Waals surface area contributed by atoms with Gasteiger partial charge >= 0.3 is 9.28 Å². The Kier molecular flexibility index (Phi) is 11.3. The Morgan fingerprint density at radius 3 is 2.12 bits per heavy atom. The van der Waals surface area contributed by atoms with Crippen LogP contribution >= 0.6 is 0 Å². The fraction of sp³-hybridized carbons (Fsp3) is 0.846. The Labute approximate surface area is 103 Å². The summed E-state index contributed by atoms with van der Waals surface area (Å²) in [6.45, 7) is 6.13. The molecule has 0 radical (unpaired) electrons. The number of hydrogen-bond acceptors (Lipinski definition) is 2. The minimum Gasteiger partial charge on any atom is -0.400 e. The van der Waals surface area contributed by atoms with Crippen molar-refractivity contribution in [1.29, 1.82) is 0 Å². The van der Waals surface area contributed by atoms with E-state index in [2.05, 4.69) is 13.5 Å². The first-order valence-electron chi connectivity index (χ1n) is 6.48. The molecular formula is C13H28O2Si. The maximum atomic E-state index is 5.39. The minimum atomic E-state index is -1.49. The first kappa shape index (κ1) is 15.9. The zero-order valence-electron chi connectivity index (χ0n) is 11.2. The molecule has 2 nitrogen and oxygen atoms in total. The minimum absolute atomic E-state index is 0.459. The van der Waals surface area contributed by atoms with Gasteiger partial charge in [-0.05, 0) is 6.42 Å². The zero-order valence-corrected chi connectivity index (χ0v) is 12.4. The molecule has 0 aliphatic rings. The van der Waals surface area contributed by atoms with Gasteiger partial charge in [0, 0.05) is 19.8 Å². The first-order chi connectivity index (χ1) is 7.79. The molecule has 0 aliphatic heterocycles. The zero-order chi connectivity index (χ0) is 12.2. The molecule has 16 heavy (non-hydrogen) atoms. The molecule has 3 heteroatoms. The third kappa shape index (κ3) is 7.20. The van der Waals surface area contributed by atoms with Crippen LogP contribution in [0.1, 0.15) is 51.9 Å². The summed E-state index contributed by atoms with van der Waals surface area (Å²) in [5.41, 5.74) is 0.459. The molecule has 0 fully saturated rings. The normalized spacial score (nSPS) is 13.0. The van der Waals surface area contributed by atoms with Gasteiger partial charge in [-0.3, -0.25) is 0 Å². The average molecular weight is 244 g/mol. The van der Waals surface area contributed by atoms with E-state index in [0.29, 0.717) is 5.54 Å². The highest BCUT2D eigenvalue weighted by atomic mass is 28.3. The molecule has 0 bridgehead atoms. The van der Waals surface area contributed by atoms with Gasteiger partial charge in [-0.2, -0.15) is 0 Å². The molecule has 0 saturated heterocycles. The second-order valence-electron chi connectivity index (χ2n) is 4.30. The Morgan fingerprint density at radius 1 is 1.06 bits per heavy atom. The average Bonchev–Trinajstić information content (AvgIpc) is 2.32. The number of unbranched alkanes of at least 4 members (excludes halogenated alkanes) is 5. The predicted octanol–water partition coefficient (Wildman–Crippen LogP) is 3.81. The molecule has 0 aromatic heterocycles. The van der Waals surface area contributed by atoms with Crippen LogP contribution in [0, 0.1) is 0 Å². The van der Waals surface area contributed by atoms with Gasteiger partial charge in [0.25, 0.3) is 0 Å². The van der Waals surface area contributed by atoms with Crippen LogP contribution in [0.3, 0.4) is 0 Å². The van der Waals surface area contributed by atoms with Crippen LogP contribution in [-0.4, -0.2) is 23.5 Å². The Hall–Kier alpha value is -0.123. The van der Waals surface area contributed by atoms with Crippen LogP contribution in [0.2, 0.25) is 5.54 Å². The second kappa shape index (κ2) is 11.4. The third-order valence-corrected chi connectivity index (χ3v) is 5.24. The van der Waals surface area contributed by atoms with Crippen molar-refractivity contribution in [3.8, 4) is 0 Å². The van der Waals surface area contributed by atoms with Gasteiger partial charge < -0.3 is 8.85 Å². The van der Waals surface area contributed by atoms with Gasteiger partial charge in [0.15, 0.2) is 0 Å². The van der Waals surface area contributed by atoms with Crippen LogP contribution in [-0.2, 0) is 8.85 Å².